The molecule has 0 saturated carbocycles. The molecule has 0 radical (unpaired) electrons. The third-order valence-electron chi connectivity index (χ3n) is 3.20. The van der Waals surface area contributed by atoms with E-state index in [9.17, 15) is 13.2 Å². The Kier molecular flexibility index (Phi) is 4.01. The number of rotatable bonds is 3. The van der Waals surface area contributed by atoms with E-state index in [-0.39, 0.29) is 28.7 Å². The molecular formula is C11H18N2O3S2. The molecule has 2 aliphatic heterocycles. The lowest BCUT2D eigenvalue weighted by Gasteiger charge is -2.22. The standard InChI is InChI=1S/C11H18N2O3S2/c1-3-5-10(14)12-11-13(4-2)8-6-18(15,16)7-9(8)17-11/h8-9H,3-7H2,1-2H3/t8-,9-/m0/s1. The molecule has 0 aromatic carbocycles. The van der Waals surface area contributed by atoms with Crippen molar-refractivity contribution in [3.05, 3.63) is 0 Å². The molecule has 18 heavy (non-hydrogen) atoms. The topological polar surface area (TPSA) is 66.8 Å². The molecule has 2 fully saturated rings. The summed E-state index contributed by atoms with van der Waals surface area (Å²) in [6, 6.07) is -0.00169. The summed E-state index contributed by atoms with van der Waals surface area (Å²) in [5.74, 6) is 0.292. The summed E-state index contributed by atoms with van der Waals surface area (Å²) in [6.45, 7) is 4.61. The molecule has 0 unspecified atom stereocenters. The van der Waals surface area contributed by atoms with E-state index in [1.54, 1.807) is 0 Å². The van der Waals surface area contributed by atoms with E-state index in [0.29, 0.717) is 18.1 Å². The second-order valence-corrected chi connectivity index (χ2v) is 7.98. The molecule has 0 aliphatic carbocycles. The first-order valence-electron chi connectivity index (χ1n) is 6.22. The fraction of sp³-hybridized carbons (Fsp3) is 0.818. The smallest absolute Gasteiger partial charge is 0.248 e. The van der Waals surface area contributed by atoms with Crippen molar-refractivity contribution in [3.63, 3.8) is 0 Å². The lowest BCUT2D eigenvalue weighted by molar-refractivity contribution is -0.117. The summed E-state index contributed by atoms with van der Waals surface area (Å²) in [5, 5.41) is 0.754. The number of thioether (sulfide) groups is 1. The van der Waals surface area contributed by atoms with Crippen molar-refractivity contribution in [2.75, 3.05) is 18.1 Å². The zero-order chi connectivity index (χ0) is 13.3. The van der Waals surface area contributed by atoms with Gasteiger partial charge in [0.2, 0.25) is 5.91 Å². The van der Waals surface area contributed by atoms with E-state index >= 15 is 0 Å². The maximum Gasteiger partial charge on any atom is 0.248 e. The van der Waals surface area contributed by atoms with Crippen LogP contribution in [-0.4, -0.2) is 53.7 Å². The lowest BCUT2D eigenvalue weighted by Crippen LogP contribution is -2.37. The monoisotopic (exact) mass is 290 g/mol. The maximum atomic E-state index is 11.6. The predicted octanol–water partition coefficient (Wildman–Crippen LogP) is 0.903. The van der Waals surface area contributed by atoms with Crippen molar-refractivity contribution in [1.29, 1.82) is 0 Å². The van der Waals surface area contributed by atoms with E-state index in [4.69, 9.17) is 0 Å². The average molecular weight is 290 g/mol. The Hall–Kier alpha value is -0.560. The molecule has 2 saturated heterocycles. The van der Waals surface area contributed by atoms with Gasteiger partial charge in [-0.15, -0.1) is 0 Å². The summed E-state index contributed by atoms with van der Waals surface area (Å²) in [4.78, 5) is 17.6. The third kappa shape index (κ3) is 2.71. The van der Waals surface area contributed by atoms with Gasteiger partial charge in [-0.3, -0.25) is 4.79 Å². The van der Waals surface area contributed by atoms with Crippen LogP contribution < -0.4 is 0 Å². The van der Waals surface area contributed by atoms with Crippen molar-refractivity contribution in [2.24, 2.45) is 4.99 Å². The highest BCUT2D eigenvalue weighted by Crippen LogP contribution is 2.37. The van der Waals surface area contributed by atoms with E-state index in [0.717, 1.165) is 6.42 Å². The van der Waals surface area contributed by atoms with Crippen molar-refractivity contribution in [1.82, 2.24) is 4.90 Å². The zero-order valence-electron chi connectivity index (χ0n) is 10.6. The first kappa shape index (κ1) is 13.9. The number of fused-ring (bicyclic) bond motifs is 1. The van der Waals surface area contributed by atoms with Crippen LogP contribution in [0, 0.1) is 0 Å². The second kappa shape index (κ2) is 5.21. The highest BCUT2D eigenvalue weighted by molar-refractivity contribution is 8.15. The summed E-state index contributed by atoms with van der Waals surface area (Å²) < 4.78 is 23.2. The molecule has 0 aromatic rings. The number of sulfone groups is 1. The van der Waals surface area contributed by atoms with Crippen LogP contribution in [-0.2, 0) is 14.6 Å². The van der Waals surface area contributed by atoms with E-state index in [2.05, 4.69) is 4.99 Å². The van der Waals surface area contributed by atoms with Crippen molar-refractivity contribution >= 4 is 32.7 Å². The van der Waals surface area contributed by atoms with Crippen molar-refractivity contribution in [3.8, 4) is 0 Å². The molecule has 1 amide bonds. The lowest BCUT2D eigenvalue weighted by atomic mass is 10.2. The summed E-state index contributed by atoms with van der Waals surface area (Å²) in [7, 11) is -2.91. The largest absolute Gasteiger partial charge is 0.346 e. The quantitative estimate of drug-likeness (QED) is 0.772. The Morgan fingerprint density at radius 3 is 2.78 bits per heavy atom. The molecule has 2 aliphatic rings. The van der Waals surface area contributed by atoms with Crippen LogP contribution in [0.2, 0.25) is 0 Å². The molecule has 5 nitrogen and oxygen atoms in total. The van der Waals surface area contributed by atoms with E-state index in [1.165, 1.54) is 11.8 Å². The first-order chi connectivity index (χ1) is 8.46. The molecule has 0 N–H and O–H groups in total. The number of amides is 1. The Morgan fingerprint density at radius 1 is 1.44 bits per heavy atom. The van der Waals surface area contributed by atoms with Crippen molar-refractivity contribution in [2.45, 2.75) is 38.0 Å². The molecule has 0 aromatic heterocycles. The average Bonchev–Trinajstić information content (AvgIpc) is 2.69. The Morgan fingerprint density at radius 2 is 2.17 bits per heavy atom. The molecule has 2 atom stereocenters. The zero-order valence-corrected chi connectivity index (χ0v) is 12.3. The van der Waals surface area contributed by atoms with Gasteiger partial charge in [-0.1, -0.05) is 18.7 Å². The maximum absolute atomic E-state index is 11.6. The number of carbonyl (C=O) groups is 1. The number of hydrogen-bond acceptors (Lipinski definition) is 4. The summed E-state index contributed by atoms with van der Waals surface area (Å²) in [6.07, 6.45) is 1.24. The number of aliphatic imine (C=N–C) groups is 1. The van der Waals surface area contributed by atoms with Crippen LogP contribution in [0.5, 0.6) is 0 Å². The van der Waals surface area contributed by atoms with Gasteiger partial charge in [0.25, 0.3) is 0 Å². The van der Waals surface area contributed by atoms with Gasteiger partial charge in [0.05, 0.1) is 17.5 Å². The third-order valence-corrected chi connectivity index (χ3v) is 6.45. The predicted molar refractivity (Wildman–Crippen MR) is 73.6 cm³/mol. The first-order valence-corrected chi connectivity index (χ1v) is 8.92. The van der Waals surface area contributed by atoms with Gasteiger partial charge < -0.3 is 4.90 Å². The van der Waals surface area contributed by atoms with Gasteiger partial charge >= 0.3 is 0 Å². The number of carbonyl (C=O) groups excluding carboxylic acids is 1. The van der Waals surface area contributed by atoms with Crippen LogP contribution in [0.15, 0.2) is 4.99 Å². The normalized spacial score (nSPS) is 31.9. The number of nitrogens with zero attached hydrogens (tertiary/aromatic N) is 2. The van der Waals surface area contributed by atoms with Crippen LogP contribution in [0.4, 0.5) is 0 Å². The highest BCUT2D eigenvalue weighted by Gasteiger charge is 2.48. The van der Waals surface area contributed by atoms with Gasteiger partial charge in [0, 0.05) is 18.2 Å². The fourth-order valence-electron chi connectivity index (χ4n) is 2.38. The van der Waals surface area contributed by atoms with E-state index < -0.39 is 9.84 Å². The molecule has 7 heteroatoms. The number of hydrogen-bond donors (Lipinski definition) is 0. The van der Waals surface area contributed by atoms with Crippen LogP contribution in [0.3, 0.4) is 0 Å². The summed E-state index contributed by atoms with van der Waals surface area (Å²) >= 11 is 1.45. The number of amidine groups is 1. The Balaban J connectivity index is 2.16. The molecule has 102 valence electrons. The molecule has 0 bridgehead atoms. The molecule has 0 spiro atoms. The van der Waals surface area contributed by atoms with Crippen LogP contribution in [0.1, 0.15) is 26.7 Å². The second-order valence-electron chi connectivity index (χ2n) is 4.62. The van der Waals surface area contributed by atoms with Gasteiger partial charge in [-0.25, -0.2) is 8.42 Å². The summed E-state index contributed by atoms with van der Waals surface area (Å²) in [5.41, 5.74) is 0. The van der Waals surface area contributed by atoms with Gasteiger partial charge in [0.1, 0.15) is 0 Å². The van der Waals surface area contributed by atoms with Crippen LogP contribution >= 0.6 is 11.8 Å². The SMILES string of the molecule is CCCC(=O)N=C1S[C@H]2CS(=O)(=O)C[C@@H]2N1CC. The van der Waals surface area contributed by atoms with Gasteiger partial charge in [-0.2, -0.15) is 4.99 Å². The Labute approximate surface area is 112 Å². The minimum absolute atomic E-state index is 0.00169. The minimum atomic E-state index is -2.91. The van der Waals surface area contributed by atoms with Gasteiger partial charge in [-0.05, 0) is 13.3 Å². The molecule has 2 rings (SSSR count). The fourth-order valence-corrected chi connectivity index (χ4v) is 6.41. The minimum Gasteiger partial charge on any atom is -0.346 e. The Bertz CT molecular complexity index is 473. The van der Waals surface area contributed by atoms with E-state index in [1.807, 2.05) is 18.7 Å². The molecular weight excluding hydrogens is 272 g/mol. The van der Waals surface area contributed by atoms with Crippen molar-refractivity contribution < 1.29 is 13.2 Å². The highest BCUT2D eigenvalue weighted by atomic mass is 32.2. The van der Waals surface area contributed by atoms with Crippen LogP contribution in [0.25, 0.3) is 0 Å². The molecule has 2 heterocycles. The van der Waals surface area contributed by atoms with Gasteiger partial charge in [0.15, 0.2) is 15.0 Å².